The Labute approximate surface area is 187 Å². The molecular formula is C25H17BrN2O3. The van der Waals surface area contributed by atoms with Gasteiger partial charge in [-0.2, -0.15) is 0 Å². The summed E-state index contributed by atoms with van der Waals surface area (Å²) in [4.78, 5) is 28.3. The molecule has 6 heteroatoms. The van der Waals surface area contributed by atoms with Gasteiger partial charge < -0.3 is 5.11 Å². The van der Waals surface area contributed by atoms with Crippen LogP contribution in [-0.4, -0.2) is 20.6 Å². The zero-order valence-corrected chi connectivity index (χ0v) is 18.0. The molecule has 2 aromatic carbocycles. The number of carboxylic acid groups (broad SMARTS) is 1. The molecule has 0 spiro atoms. The van der Waals surface area contributed by atoms with Gasteiger partial charge >= 0.3 is 5.97 Å². The molecule has 0 bridgehead atoms. The first-order valence-electron chi connectivity index (χ1n) is 9.55. The van der Waals surface area contributed by atoms with E-state index in [1.165, 1.54) is 12.1 Å². The van der Waals surface area contributed by atoms with Gasteiger partial charge in [0.05, 0.1) is 11.3 Å². The maximum Gasteiger partial charge on any atom is 0.335 e. The van der Waals surface area contributed by atoms with Gasteiger partial charge in [0.2, 0.25) is 5.43 Å². The molecule has 0 amide bonds. The molecule has 0 atom stereocenters. The van der Waals surface area contributed by atoms with Crippen LogP contribution in [0.3, 0.4) is 0 Å². The quantitative estimate of drug-likeness (QED) is 0.445. The standard InChI is InChI=1S/C25H17BrN2O3/c26-21-5-1-3-17(13-21)4-2-11-28-12-10-20-15-27-23(24(29)22(20)16-28)14-18-6-8-19(9-7-18)25(30)31/h1,3,5-10,12-13,15-16H,4,14H2,(H,30,31). The lowest BCUT2D eigenvalue weighted by atomic mass is 10.0. The van der Waals surface area contributed by atoms with Crippen LogP contribution in [-0.2, 0) is 12.8 Å². The molecule has 2 aliphatic rings. The van der Waals surface area contributed by atoms with Gasteiger partial charge in [-0.1, -0.05) is 46.1 Å². The molecule has 0 unspecified atom stereocenters. The highest BCUT2D eigenvalue weighted by atomic mass is 79.9. The van der Waals surface area contributed by atoms with Crippen molar-refractivity contribution >= 4 is 21.9 Å². The maximum atomic E-state index is 13.0. The number of carbonyl (C=O) groups is 1. The Morgan fingerprint density at radius 2 is 1.90 bits per heavy atom. The number of halogens is 1. The Morgan fingerprint density at radius 3 is 2.65 bits per heavy atom. The number of hydrogen-bond donors (Lipinski definition) is 1. The van der Waals surface area contributed by atoms with Crippen molar-refractivity contribution in [1.29, 1.82) is 0 Å². The van der Waals surface area contributed by atoms with Crippen LogP contribution in [0.2, 0.25) is 0 Å². The Hall–Kier alpha value is -3.69. The van der Waals surface area contributed by atoms with E-state index in [1.54, 1.807) is 29.1 Å². The number of carboxylic acids is 1. The van der Waals surface area contributed by atoms with Crippen LogP contribution >= 0.6 is 15.9 Å². The number of aromatic nitrogens is 2. The summed E-state index contributed by atoms with van der Waals surface area (Å²) in [6.07, 6.45) is 6.14. The van der Waals surface area contributed by atoms with Crippen LogP contribution in [0.15, 0.2) is 82.5 Å². The predicted octanol–water partition coefficient (Wildman–Crippen LogP) is 4.45. The molecule has 2 aromatic rings. The third-order valence-electron chi connectivity index (χ3n) is 4.82. The lowest BCUT2D eigenvalue weighted by Gasteiger charge is -2.08. The van der Waals surface area contributed by atoms with Crippen molar-refractivity contribution in [3.8, 4) is 23.1 Å². The van der Waals surface area contributed by atoms with Gasteiger partial charge in [0.25, 0.3) is 0 Å². The van der Waals surface area contributed by atoms with Crippen LogP contribution < -0.4 is 5.43 Å². The fourth-order valence-corrected chi connectivity index (χ4v) is 3.65. The third kappa shape index (κ3) is 4.90. The molecule has 31 heavy (non-hydrogen) atoms. The van der Waals surface area contributed by atoms with Crippen molar-refractivity contribution < 1.29 is 9.90 Å². The summed E-state index contributed by atoms with van der Waals surface area (Å²) in [6.45, 7) is 0. The molecule has 152 valence electrons. The Morgan fingerprint density at radius 1 is 1.10 bits per heavy atom. The average molecular weight is 473 g/mol. The minimum atomic E-state index is -0.981. The molecule has 0 radical (unpaired) electrons. The second kappa shape index (κ2) is 8.99. The topological polar surface area (TPSA) is 72.2 Å². The predicted molar refractivity (Wildman–Crippen MR) is 122 cm³/mol. The molecule has 0 aliphatic carbocycles. The van der Waals surface area contributed by atoms with E-state index < -0.39 is 5.97 Å². The molecule has 2 heterocycles. The summed E-state index contributed by atoms with van der Waals surface area (Å²) in [5.41, 5.74) is 3.70. The van der Waals surface area contributed by atoms with Crippen LogP contribution in [0.4, 0.5) is 0 Å². The summed E-state index contributed by atoms with van der Waals surface area (Å²) in [5, 5.41) is 9.01. The normalized spacial score (nSPS) is 10.5. The number of pyridine rings is 2. The number of benzene rings is 2. The second-order valence-electron chi connectivity index (χ2n) is 7.03. The van der Waals surface area contributed by atoms with Crippen molar-refractivity contribution in [2.24, 2.45) is 0 Å². The molecule has 1 N–H and O–H groups in total. The van der Waals surface area contributed by atoms with Crippen LogP contribution in [0.25, 0.3) is 11.1 Å². The van der Waals surface area contributed by atoms with Gasteiger partial charge in [-0.15, -0.1) is 0 Å². The van der Waals surface area contributed by atoms with E-state index in [9.17, 15) is 9.59 Å². The highest BCUT2D eigenvalue weighted by molar-refractivity contribution is 9.10. The lowest BCUT2D eigenvalue weighted by Crippen LogP contribution is -2.16. The first-order valence-corrected chi connectivity index (χ1v) is 10.3. The molecule has 4 rings (SSSR count). The number of nitrogens with zero attached hydrogens (tertiary/aromatic N) is 2. The maximum absolute atomic E-state index is 13.0. The minimum Gasteiger partial charge on any atom is -0.478 e. The number of aromatic carboxylic acids is 1. The van der Waals surface area contributed by atoms with E-state index in [1.807, 2.05) is 36.5 Å². The monoisotopic (exact) mass is 472 g/mol. The summed E-state index contributed by atoms with van der Waals surface area (Å²) in [6, 6.07) is 19.3. The molecule has 2 aliphatic heterocycles. The summed E-state index contributed by atoms with van der Waals surface area (Å²) >= 11 is 3.45. The summed E-state index contributed by atoms with van der Waals surface area (Å²) in [7, 11) is 0. The Balaban J connectivity index is 1.58. The van der Waals surface area contributed by atoms with Crippen molar-refractivity contribution in [3.05, 3.63) is 110 Å². The number of hydrogen-bond acceptors (Lipinski definition) is 3. The van der Waals surface area contributed by atoms with Crippen molar-refractivity contribution in [2.45, 2.75) is 12.8 Å². The van der Waals surface area contributed by atoms with Crippen molar-refractivity contribution in [2.75, 3.05) is 0 Å². The average Bonchev–Trinajstić information content (AvgIpc) is 2.76. The lowest BCUT2D eigenvalue weighted by molar-refractivity contribution is 0.0697. The fraction of sp³-hybridized carbons (Fsp3) is 0.0800. The molecule has 0 fully saturated rings. The van der Waals surface area contributed by atoms with Crippen LogP contribution in [0, 0.1) is 12.0 Å². The van der Waals surface area contributed by atoms with E-state index >= 15 is 0 Å². The van der Waals surface area contributed by atoms with Gasteiger partial charge in [-0.3, -0.25) is 14.3 Å². The molecule has 0 saturated carbocycles. The zero-order valence-electron chi connectivity index (χ0n) is 16.4. The van der Waals surface area contributed by atoms with Crippen LogP contribution in [0.1, 0.15) is 27.2 Å². The van der Waals surface area contributed by atoms with E-state index in [-0.39, 0.29) is 11.0 Å². The van der Waals surface area contributed by atoms with Gasteiger partial charge in [-0.05, 0) is 41.5 Å². The first kappa shape index (κ1) is 20.6. The Kier molecular flexibility index (Phi) is 5.96. The number of fused-ring (bicyclic) bond motifs is 1. The van der Waals surface area contributed by atoms with Crippen LogP contribution in [0.5, 0.6) is 0 Å². The van der Waals surface area contributed by atoms with E-state index in [2.05, 4.69) is 32.9 Å². The Bertz CT molecular complexity index is 1350. The van der Waals surface area contributed by atoms with E-state index in [4.69, 9.17) is 5.11 Å². The van der Waals surface area contributed by atoms with Gasteiger partial charge in [0.1, 0.15) is 0 Å². The SMILES string of the molecule is O=C(O)c1ccc(Cc2ncc3ccn(C#CCc4cccc(Br)c4)cc-3c2=O)cc1. The zero-order chi connectivity index (χ0) is 21.8. The summed E-state index contributed by atoms with van der Waals surface area (Å²) in [5.74, 6) is 2.14. The van der Waals surface area contributed by atoms with E-state index in [0.717, 1.165) is 21.2 Å². The summed E-state index contributed by atoms with van der Waals surface area (Å²) < 4.78 is 2.70. The molecule has 5 nitrogen and oxygen atoms in total. The van der Waals surface area contributed by atoms with E-state index in [0.29, 0.717) is 24.1 Å². The highest BCUT2D eigenvalue weighted by Crippen LogP contribution is 2.17. The van der Waals surface area contributed by atoms with Gasteiger partial charge in [-0.25, -0.2) is 4.79 Å². The van der Waals surface area contributed by atoms with Gasteiger partial charge in [0.15, 0.2) is 0 Å². The second-order valence-corrected chi connectivity index (χ2v) is 7.94. The van der Waals surface area contributed by atoms with Crippen molar-refractivity contribution in [3.63, 3.8) is 0 Å². The van der Waals surface area contributed by atoms with Gasteiger partial charge in [0, 0.05) is 53.1 Å². The smallest absolute Gasteiger partial charge is 0.335 e. The largest absolute Gasteiger partial charge is 0.478 e. The molecule has 0 saturated heterocycles. The molecular weight excluding hydrogens is 456 g/mol. The minimum absolute atomic E-state index is 0.150. The highest BCUT2D eigenvalue weighted by Gasteiger charge is 2.13. The third-order valence-corrected chi connectivity index (χ3v) is 5.32. The fourth-order valence-electron chi connectivity index (χ4n) is 3.20. The molecule has 0 aromatic heterocycles. The van der Waals surface area contributed by atoms with Crippen molar-refractivity contribution in [1.82, 2.24) is 9.55 Å². The number of rotatable bonds is 4. The first-order chi connectivity index (χ1) is 15.0.